The van der Waals surface area contributed by atoms with Crippen molar-refractivity contribution in [3.8, 4) is 5.75 Å². The largest absolute Gasteiger partial charge is 0.506 e. The van der Waals surface area contributed by atoms with Crippen LogP contribution in [0.5, 0.6) is 5.75 Å². The number of rotatable bonds is 2. The fraction of sp³-hybridized carbons (Fsp3) is 0.500. The Kier molecular flexibility index (Phi) is 2.82. The number of hydrogen-bond donors (Lipinski definition) is 2. The van der Waals surface area contributed by atoms with Crippen LogP contribution in [0.4, 0.5) is 5.69 Å². The first-order chi connectivity index (χ1) is 7.15. The van der Waals surface area contributed by atoms with Gasteiger partial charge >= 0.3 is 0 Å². The molecule has 1 atom stereocenters. The van der Waals surface area contributed by atoms with Crippen LogP contribution in [-0.4, -0.2) is 23.1 Å². The van der Waals surface area contributed by atoms with Gasteiger partial charge in [0, 0.05) is 13.1 Å². The van der Waals surface area contributed by atoms with E-state index in [0.29, 0.717) is 5.69 Å². The van der Waals surface area contributed by atoms with Gasteiger partial charge in [0.1, 0.15) is 5.75 Å². The number of hydrogen-bond acceptors (Lipinski definition) is 3. The van der Waals surface area contributed by atoms with Crippen molar-refractivity contribution in [2.45, 2.75) is 19.9 Å². The molecule has 1 aromatic rings. The summed E-state index contributed by atoms with van der Waals surface area (Å²) in [5, 5.41) is 9.31. The average Bonchev–Trinajstić information content (AvgIpc) is 2.58. The highest BCUT2D eigenvalue weighted by Crippen LogP contribution is 2.23. The van der Waals surface area contributed by atoms with E-state index in [-0.39, 0.29) is 5.75 Å². The van der Waals surface area contributed by atoms with Gasteiger partial charge in [-0.15, -0.1) is 0 Å². The Hall–Kier alpha value is -1.22. The van der Waals surface area contributed by atoms with Crippen LogP contribution in [0.3, 0.4) is 0 Å². The molecule has 3 nitrogen and oxygen atoms in total. The number of anilines is 1. The molecule has 1 saturated heterocycles. The lowest BCUT2D eigenvalue weighted by molar-refractivity contribution is 0.320. The van der Waals surface area contributed by atoms with Gasteiger partial charge in [0.2, 0.25) is 0 Å². The maximum Gasteiger partial charge on any atom is 0.138 e. The van der Waals surface area contributed by atoms with E-state index < -0.39 is 0 Å². The van der Waals surface area contributed by atoms with Crippen LogP contribution < -0.4 is 5.73 Å². The van der Waals surface area contributed by atoms with Crippen LogP contribution in [0.1, 0.15) is 18.9 Å². The van der Waals surface area contributed by atoms with E-state index in [0.717, 1.165) is 12.5 Å². The Labute approximate surface area is 90.5 Å². The number of likely N-dealkylation sites (tertiary alicyclic amines) is 1. The Balaban J connectivity index is 2.02. The Morgan fingerprint density at radius 2 is 2.33 bits per heavy atom. The standard InChI is InChI=1S/C12H18N2O/c1-9-4-5-14(7-9)8-10-2-3-12(15)11(13)6-10/h2-3,6,9,15H,4-5,7-8,13H2,1H3. The maximum atomic E-state index is 9.31. The molecule has 0 radical (unpaired) electrons. The lowest BCUT2D eigenvalue weighted by Gasteiger charge is -2.15. The van der Waals surface area contributed by atoms with Crippen molar-refractivity contribution in [3.05, 3.63) is 23.8 Å². The highest BCUT2D eigenvalue weighted by atomic mass is 16.3. The molecular formula is C12H18N2O. The molecule has 0 bridgehead atoms. The first-order valence-corrected chi connectivity index (χ1v) is 5.45. The number of aromatic hydroxyl groups is 1. The predicted molar refractivity (Wildman–Crippen MR) is 61.6 cm³/mol. The zero-order valence-electron chi connectivity index (χ0n) is 9.11. The summed E-state index contributed by atoms with van der Waals surface area (Å²) in [6.45, 7) is 5.56. The highest BCUT2D eigenvalue weighted by molar-refractivity contribution is 5.53. The molecule has 3 heteroatoms. The van der Waals surface area contributed by atoms with Gasteiger partial charge in [-0.05, 0) is 36.6 Å². The molecule has 1 unspecified atom stereocenters. The third-order valence-corrected chi connectivity index (χ3v) is 3.01. The summed E-state index contributed by atoms with van der Waals surface area (Å²) < 4.78 is 0. The average molecular weight is 206 g/mol. The normalized spacial score (nSPS) is 22.1. The highest BCUT2D eigenvalue weighted by Gasteiger charge is 2.18. The smallest absolute Gasteiger partial charge is 0.138 e. The topological polar surface area (TPSA) is 49.5 Å². The summed E-state index contributed by atoms with van der Waals surface area (Å²) >= 11 is 0. The molecule has 0 aliphatic carbocycles. The lowest BCUT2D eigenvalue weighted by atomic mass is 10.1. The van der Waals surface area contributed by atoms with E-state index >= 15 is 0 Å². The number of phenols is 1. The molecule has 1 heterocycles. The Morgan fingerprint density at radius 1 is 1.53 bits per heavy atom. The van der Waals surface area contributed by atoms with Gasteiger partial charge < -0.3 is 10.8 Å². The van der Waals surface area contributed by atoms with Gasteiger partial charge in [-0.3, -0.25) is 4.90 Å². The van der Waals surface area contributed by atoms with Gasteiger partial charge in [-0.2, -0.15) is 0 Å². The zero-order chi connectivity index (χ0) is 10.8. The van der Waals surface area contributed by atoms with Crippen molar-refractivity contribution in [3.63, 3.8) is 0 Å². The van der Waals surface area contributed by atoms with Crippen molar-refractivity contribution in [1.82, 2.24) is 4.90 Å². The Bertz CT molecular complexity index is 351. The van der Waals surface area contributed by atoms with Crippen LogP contribution in [0.25, 0.3) is 0 Å². The van der Waals surface area contributed by atoms with Crippen molar-refractivity contribution in [1.29, 1.82) is 0 Å². The first kappa shape index (κ1) is 10.3. The molecular weight excluding hydrogens is 188 g/mol. The first-order valence-electron chi connectivity index (χ1n) is 5.45. The Morgan fingerprint density at radius 3 is 2.93 bits per heavy atom. The fourth-order valence-electron chi connectivity index (χ4n) is 2.13. The molecule has 82 valence electrons. The van der Waals surface area contributed by atoms with E-state index in [4.69, 9.17) is 5.73 Å². The van der Waals surface area contributed by atoms with Gasteiger partial charge in [0.25, 0.3) is 0 Å². The molecule has 1 aromatic carbocycles. The van der Waals surface area contributed by atoms with Crippen molar-refractivity contribution >= 4 is 5.69 Å². The lowest BCUT2D eigenvalue weighted by Crippen LogP contribution is -2.19. The van der Waals surface area contributed by atoms with E-state index in [9.17, 15) is 5.11 Å². The fourth-order valence-corrected chi connectivity index (χ4v) is 2.13. The molecule has 1 fully saturated rings. The van der Waals surface area contributed by atoms with Crippen LogP contribution in [0.15, 0.2) is 18.2 Å². The zero-order valence-corrected chi connectivity index (χ0v) is 9.11. The van der Waals surface area contributed by atoms with E-state index in [1.54, 1.807) is 6.07 Å². The summed E-state index contributed by atoms with van der Waals surface area (Å²) in [7, 11) is 0. The number of nitrogens with zero attached hydrogens (tertiary/aromatic N) is 1. The summed E-state index contributed by atoms with van der Waals surface area (Å²) in [6.07, 6.45) is 1.29. The summed E-state index contributed by atoms with van der Waals surface area (Å²) in [5.74, 6) is 0.980. The quantitative estimate of drug-likeness (QED) is 0.573. The third-order valence-electron chi connectivity index (χ3n) is 3.01. The molecule has 0 amide bonds. The van der Waals surface area contributed by atoms with Crippen LogP contribution in [-0.2, 0) is 6.54 Å². The van der Waals surface area contributed by atoms with Crippen LogP contribution in [0.2, 0.25) is 0 Å². The molecule has 0 saturated carbocycles. The van der Waals surface area contributed by atoms with Crippen molar-refractivity contribution < 1.29 is 5.11 Å². The summed E-state index contributed by atoms with van der Waals surface area (Å²) in [6, 6.07) is 5.47. The minimum absolute atomic E-state index is 0.175. The van der Waals surface area contributed by atoms with Gasteiger partial charge in [0.15, 0.2) is 0 Å². The minimum Gasteiger partial charge on any atom is -0.506 e. The van der Waals surface area contributed by atoms with Gasteiger partial charge in [0.05, 0.1) is 5.69 Å². The van der Waals surface area contributed by atoms with E-state index in [1.807, 2.05) is 12.1 Å². The van der Waals surface area contributed by atoms with Gasteiger partial charge in [-0.25, -0.2) is 0 Å². The van der Waals surface area contributed by atoms with Gasteiger partial charge in [-0.1, -0.05) is 13.0 Å². The molecule has 15 heavy (non-hydrogen) atoms. The minimum atomic E-state index is 0.175. The number of phenolic OH excluding ortho intramolecular Hbond substituents is 1. The number of benzene rings is 1. The van der Waals surface area contributed by atoms with Crippen LogP contribution >= 0.6 is 0 Å². The molecule has 0 spiro atoms. The maximum absolute atomic E-state index is 9.31. The monoisotopic (exact) mass is 206 g/mol. The summed E-state index contributed by atoms with van der Waals surface area (Å²) in [4.78, 5) is 2.43. The third kappa shape index (κ3) is 2.42. The van der Waals surface area contributed by atoms with Crippen LogP contribution in [0, 0.1) is 5.92 Å². The molecule has 0 aromatic heterocycles. The predicted octanol–water partition coefficient (Wildman–Crippen LogP) is 1.82. The van der Waals surface area contributed by atoms with E-state index in [2.05, 4.69) is 11.8 Å². The second-order valence-corrected chi connectivity index (χ2v) is 4.52. The molecule has 1 aliphatic rings. The van der Waals surface area contributed by atoms with Crippen molar-refractivity contribution in [2.75, 3.05) is 18.8 Å². The van der Waals surface area contributed by atoms with Crippen molar-refractivity contribution in [2.24, 2.45) is 5.92 Å². The second kappa shape index (κ2) is 4.11. The summed E-state index contributed by atoms with van der Waals surface area (Å²) in [5.41, 5.74) is 7.31. The molecule has 2 rings (SSSR count). The molecule has 1 aliphatic heterocycles. The number of nitrogen functional groups attached to an aromatic ring is 1. The molecule has 3 N–H and O–H groups in total. The second-order valence-electron chi connectivity index (χ2n) is 4.52. The van der Waals surface area contributed by atoms with E-state index in [1.165, 1.54) is 25.1 Å². The SMILES string of the molecule is CC1CCN(Cc2ccc(O)c(N)c2)C1. The number of nitrogens with two attached hydrogens (primary N) is 1.